The molecular formula is C11H22N2O3. The van der Waals surface area contributed by atoms with Gasteiger partial charge in [-0.2, -0.15) is 0 Å². The molecule has 1 saturated carbocycles. The van der Waals surface area contributed by atoms with Crippen molar-refractivity contribution in [1.82, 2.24) is 5.43 Å². The Hall–Kier alpha value is -0.650. The van der Waals surface area contributed by atoms with Crippen LogP contribution < -0.4 is 11.3 Å². The largest absolute Gasteiger partial charge is 0.381 e. The highest BCUT2D eigenvalue weighted by molar-refractivity contribution is 5.80. The summed E-state index contributed by atoms with van der Waals surface area (Å²) in [6.07, 6.45) is 4.00. The van der Waals surface area contributed by atoms with Gasteiger partial charge in [0.05, 0.1) is 12.7 Å². The molecule has 0 aromatic heterocycles. The van der Waals surface area contributed by atoms with E-state index in [2.05, 4.69) is 12.3 Å². The number of nitrogens with one attached hydrogen (secondary N) is 1. The minimum atomic E-state index is -0.592. The maximum atomic E-state index is 11.4. The van der Waals surface area contributed by atoms with E-state index in [-0.39, 0.29) is 18.6 Å². The van der Waals surface area contributed by atoms with Gasteiger partial charge in [-0.3, -0.25) is 10.2 Å². The number of rotatable bonds is 5. The van der Waals surface area contributed by atoms with Crippen molar-refractivity contribution < 1.29 is 14.3 Å². The summed E-state index contributed by atoms with van der Waals surface area (Å²) in [6.45, 7) is 2.46. The molecule has 1 aliphatic carbocycles. The van der Waals surface area contributed by atoms with E-state index in [1.165, 1.54) is 6.42 Å². The first-order chi connectivity index (χ1) is 7.67. The van der Waals surface area contributed by atoms with Crippen LogP contribution in [0.4, 0.5) is 0 Å². The molecule has 0 bridgehead atoms. The maximum Gasteiger partial charge on any atom is 0.265 e. The molecule has 94 valence electrons. The first-order valence-electron chi connectivity index (χ1n) is 5.82. The fourth-order valence-electron chi connectivity index (χ4n) is 2.16. The molecule has 5 nitrogen and oxygen atoms in total. The molecule has 3 N–H and O–H groups in total. The molecule has 0 radical (unpaired) electrons. The zero-order valence-electron chi connectivity index (χ0n) is 10.1. The summed E-state index contributed by atoms with van der Waals surface area (Å²) in [6, 6.07) is 0. The molecule has 0 aliphatic heterocycles. The second kappa shape index (κ2) is 6.83. The molecule has 1 rings (SSSR count). The number of carbonyl (C=O) groups excluding carboxylic acids is 1. The fourth-order valence-corrected chi connectivity index (χ4v) is 2.16. The van der Waals surface area contributed by atoms with Crippen LogP contribution in [-0.4, -0.2) is 31.8 Å². The van der Waals surface area contributed by atoms with Crippen LogP contribution in [0.5, 0.6) is 0 Å². The Morgan fingerprint density at radius 2 is 2.31 bits per heavy atom. The van der Waals surface area contributed by atoms with Gasteiger partial charge in [0.25, 0.3) is 5.91 Å². The van der Waals surface area contributed by atoms with Gasteiger partial charge in [0.1, 0.15) is 0 Å². The van der Waals surface area contributed by atoms with E-state index in [0.717, 1.165) is 19.3 Å². The Bertz CT molecular complexity index is 223. The lowest BCUT2D eigenvalue weighted by molar-refractivity contribution is -0.143. The topological polar surface area (TPSA) is 73.6 Å². The van der Waals surface area contributed by atoms with E-state index in [1.54, 1.807) is 7.11 Å². The zero-order valence-corrected chi connectivity index (χ0v) is 10.1. The summed E-state index contributed by atoms with van der Waals surface area (Å²) in [5, 5.41) is 0. The third-order valence-corrected chi connectivity index (χ3v) is 3.00. The van der Waals surface area contributed by atoms with Crippen molar-refractivity contribution in [3.63, 3.8) is 0 Å². The Morgan fingerprint density at radius 1 is 1.56 bits per heavy atom. The molecule has 0 spiro atoms. The minimum Gasteiger partial charge on any atom is -0.381 e. The van der Waals surface area contributed by atoms with Gasteiger partial charge >= 0.3 is 0 Å². The average molecular weight is 230 g/mol. The molecule has 0 saturated heterocycles. The van der Waals surface area contributed by atoms with E-state index in [0.29, 0.717) is 5.92 Å². The predicted octanol–water partition coefficient (Wildman–Crippen LogP) is 0.587. The highest BCUT2D eigenvalue weighted by atomic mass is 16.5. The van der Waals surface area contributed by atoms with Gasteiger partial charge in [0.15, 0.2) is 6.10 Å². The number of hydrazine groups is 1. The number of hydrogen-bond donors (Lipinski definition) is 2. The molecule has 3 unspecified atom stereocenters. The van der Waals surface area contributed by atoms with E-state index >= 15 is 0 Å². The lowest BCUT2D eigenvalue weighted by Gasteiger charge is -2.29. The van der Waals surface area contributed by atoms with Gasteiger partial charge in [-0.05, 0) is 18.8 Å². The predicted molar refractivity (Wildman–Crippen MR) is 60.5 cm³/mol. The number of ether oxygens (including phenoxy) is 2. The molecule has 1 amide bonds. The van der Waals surface area contributed by atoms with Crippen LogP contribution in [-0.2, 0) is 14.3 Å². The Balaban J connectivity index is 2.43. The van der Waals surface area contributed by atoms with Crippen molar-refractivity contribution in [2.24, 2.45) is 11.8 Å². The van der Waals surface area contributed by atoms with Crippen LogP contribution in [0.2, 0.25) is 0 Å². The lowest BCUT2D eigenvalue weighted by atomic mass is 9.88. The van der Waals surface area contributed by atoms with Gasteiger partial charge in [0.2, 0.25) is 0 Å². The molecule has 3 atom stereocenters. The third kappa shape index (κ3) is 4.08. The highest BCUT2D eigenvalue weighted by Gasteiger charge is 2.26. The summed E-state index contributed by atoms with van der Waals surface area (Å²) in [7, 11) is 1.55. The van der Waals surface area contributed by atoms with Gasteiger partial charge in [-0.25, -0.2) is 5.84 Å². The van der Waals surface area contributed by atoms with E-state index in [4.69, 9.17) is 15.3 Å². The van der Waals surface area contributed by atoms with Crippen LogP contribution >= 0.6 is 0 Å². The normalized spacial score (nSPS) is 27.4. The number of amides is 1. The highest BCUT2D eigenvalue weighted by Crippen LogP contribution is 2.26. The number of hydrogen-bond acceptors (Lipinski definition) is 4. The monoisotopic (exact) mass is 230 g/mol. The Labute approximate surface area is 96.6 Å². The molecule has 5 heteroatoms. The SMILES string of the molecule is COCC(OC1CCCC(C)C1)C(=O)NN. The maximum absolute atomic E-state index is 11.4. The Morgan fingerprint density at radius 3 is 2.88 bits per heavy atom. The number of methoxy groups -OCH3 is 1. The van der Waals surface area contributed by atoms with Crippen molar-refractivity contribution in [3.8, 4) is 0 Å². The van der Waals surface area contributed by atoms with E-state index in [1.807, 2.05) is 0 Å². The summed E-state index contributed by atoms with van der Waals surface area (Å²) in [5.41, 5.74) is 2.11. The van der Waals surface area contributed by atoms with Gasteiger partial charge in [0, 0.05) is 7.11 Å². The zero-order chi connectivity index (χ0) is 12.0. The molecular weight excluding hydrogens is 208 g/mol. The van der Waals surface area contributed by atoms with Gasteiger partial charge in [-0.15, -0.1) is 0 Å². The fraction of sp³-hybridized carbons (Fsp3) is 0.909. The van der Waals surface area contributed by atoms with Gasteiger partial charge in [-0.1, -0.05) is 19.8 Å². The molecule has 1 aliphatic rings. The van der Waals surface area contributed by atoms with E-state index in [9.17, 15) is 4.79 Å². The number of carbonyl (C=O) groups is 1. The number of nitrogens with two attached hydrogens (primary N) is 1. The summed E-state index contributed by atoms with van der Waals surface area (Å²) < 4.78 is 10.7. The minimum absolute atomic E-state index is 0.154. The van der Waals surface area contributed by atoms with Crippen molar-refractivity contribution in [2.75, 3.05) is 13.7 Å². The summed E-state index contributed by atoms with van der Waals surface area (Å²) in [5.74, 6) is 5.45. The first-order valence-corrected chi connectivity index (χ1v) is 5.82. The molecule has 16 heavy (non-hydrogen) atoms. The van der Waals surface area contributed by atoms with Crippen LogP contribution in [0.1, 0.15) is 32.6 Å². The molecule has 0 aromatic carbocycles. The van der Waals surface area contributed by atoms with Crippen molar-refractivity contribution in [1.29, 1.82) is 0 Å². The average Bonchev–Trinajstić information content (AvgIpc) is 2.27. The van der Waals surface area contributed by atoms with Crippen LogP contribution in [0.25, 0.3) is 0 Å². The first kappa shape index (κ1) is 13.4. The second-order valence-electron chi connectivity index (χ2n) is 4.48. The smallest absolute Gasteiger partial charge is 0.265 e. The standard InChI is InChI=1S/C11H22N2O3/c1-8-4-3-5-9(6-8)16-10(7-15-2)11(14)13-12/h8-10H,3-7,12H2,1-2H3,(H,13,14). The van der Waals surface area contributed by atoms with Gasteiger partial charge < -0.3 is 9.47 Å². The summed E-state index contributed by atoms with van der Waals surface area (Å²) >= 11 is 0. The second-order valence-corrected chi connectivity index (χ2v) is 4.48. The third-order valence-electron chi connectivity index (χ3n) is 3.00. The van der Waals surface area contributed by atoms with Crippen molar-refractivity contribution >= 4 is 5.91 Å². The quantitative estimate of drug-likeness (QED) is 0.412. The van der Waals surface area contributed by atoms with E-state index < -0.39 is 6.10 Å². The van der Waals surface area contributed by atoms with Crippen molar-refractivity contribution in [2.45, 2.75) is 44.8 Å². The molecule has 0 heterocycles. The summed E-state index contributed by atoms with van der Waals surface area (Å²) in [4.78, 5) is 11.4. The Kier molecular flexibility index (Phi) is 5.73. The molecule has 0 aromatic rings. The molecule has 1 fully saturated rings. The lowest BCUT2D eigenvalue weighted by Crippen LogP contribution is -2.45. The van der Waals surface area contributed by atoms with Crippen LogP contribution in [0.15, 0.2) is 0 Å². The van der Waals surface area contributed by atoms with Crippen LogP contribution in [0, 0.1) is 5.92 Å². The van der Waals surface area contributed by atoms with Crippen LogP contribution in [0.3, 0.4) is 0 Å². The van der Waals surface area contributed by atoms with Crippen molar-refractivity contribution in [3.05, 3.63) is 0 Å².